The molecule has 134 valence electrons. The van der Waals surface area contributed by atoms with E-state index in [4.69, 9.17) is 5.26 Å². The number of carbonyl (C=O) groups is 1. The Labute approximate surface area is 157 Å². The van der Waals surface area contributed by atoms with Crippen molar-refractivity contribution in [3.05, 3.63) is 59.9 Å². The molecule has 4 rings (SSSR count). The summed E-state index contributed by atoms with van der Waals surface area (Å²) in [6.45, 7) is 1.99. The Hall–Kier alpha value is -3.46. The normalized spacial score (nSPS) is 14.0. The van der Waals surface area contributed by atoms with Crippen molar-refractivity contribution in [1.82, 2.24) is 9.97 Å². The third kappa shape index (κ3) is 3.58. The van der Waals surface area contributed by atoms with Crippen LogP contribution in [-0.2, 0) is 0 Å². The van der Waals surface area contributed by atoms with E-state index < -0.39 is 0 Å². The standard InChI is InChI=1S/C21H19N5O/c22-13-15-4-6-16(7-5-15)21(27)25-17-8-9-19-18(12-17)20(24-14-23-19)26-10-2-1-3-11-26/h4-9,12,14H,1-3,10-11H2,(H,25,27). The zero-order valence-electron chi connectivity index (χ0n) is 14.9. The van der Waals surface area contributed by atoms with Gasteiger partial charge in [0.1, 0.15) is 12.1 Å². The highest BCUT2D eigenvalue weighted by Gasteiger charge is 2.16. The average molecular weight is 357 g/mol. The molecule has 27 heavy (non-hydrogen) atoms. The van der Waals surface area contributed by atoms with Gasteiger partial charge in [-0.2, -0.15) is 5.26 Å². The van der Waals surface area contributed by atoms with Crippen LogP contribution in [0.5, 0.6) is 0 Å². The molecule has 1 aliphatic rings. The van der Waals surface area contributed by atoms with Crippen LogP contribution in [0.2, 0.25) is 0 Å². The number of aromatic nitrogens is 2. The van der Waals surface area contributed by atoms with Crippen molar-refractivity contribution in [3.63, 3.8) is 0 Å². The third-order valence-corrected chi connectivity index (χ3v) is 4.80. The highest BCUT2D eigenvalue weighted by atomic mass is 16.1. The van der Waals surface area contributed by atoms with E-state index in [0.29, 0.717) is 16.8 Å². The van der Waals surface area contributed by atoms with Crippen LogP contribution in [0.4, 0.5) is 11.5 Å². The van der Waals surface area contributed by atoms with Crippen LogP contribution >= 0.6 is 0 Å². The molecule has 0 aliphatic carbocycles. The van der Waals surface area contributed by atoms with Crippen LogP contribution < -0.4 is 10.2 Å². The van der Waals surface area contributed by atoms with Gasteiger partial charge in [0.25, 0.3) is 5.91 Å². The molecular formula is C21H19N5O. The molecule has 6 heteroatoms. The molecule has 1 N–H and O–H groups in total. The Morgan fingerprint density at radius 3 is 2.56 bits per heavy atom. The average Bonchev–Trinajstić information content (AvgIpc) is 2.74. The molecule has 0 saturated carbocycles. The molecule has 2 aromatic carbocycles. The summed E-state index contributed by atoms with van der Waals surface area (Å²) in [7, 11) is 0. The molecule has 0 bridgehead atoms. The first-order chi connectivity index (χ1) is 13.2. The van der Waals surface area contributed by atoms with Gasteiger partial charge < -0.3 is 10.2 Å². The predicted molar refractivity (Wildman–Crippen MR) is 105 cm³/mol. The molecule has 0 atom stereocenters. The number of hydrogen-bond acceptors (Lipinski definition) is 5. The number of fused-ring (bicyclic) bond motifs is 1. The topological polar surface area (TPSA) is 81.9 Å². The lowest BCUT2D eigenvalue weighted by atomic mass is 10.1. The summed E-state index contributed by atoms with van der Waals surface area (Å²) in [6, 6.07) is 14.3. The zero-order valence-corrected chi connectivity index (χ0v) is 14.9. The Morgan fingerprint density at radius 2 is 1.81 bits per heavy atom. The van der Waals surface area contributed by atoms with Crippen molar-refractivity contribution >= 4 is 28.3 Å². The number of hydrogen-bond donors (Lipinski definition) is 1. The number of anilines is 2. The maximum Gasteiger partial charge on any atom is 0.255 e. The summed E-state index contributed by atoms with van der Waals surface area (Å²) in [5, 5.41) is 12.7. The largest absolute Gasteiger partial charge is 0.356 e. The van der Waals surface area contributed by atoms with Crippen LogP contribution in [-0.4, -0.2) is 29.0 Å². The lowest BCUT2D eigenvalue weighted by Crippen LogP contribution is -2.30. The molecule has 6 nitrogen and oxygen atoms in total. The van der Waals surface area contributed by atoms with Gasteiger partial charge in [-0.15, -0.1) is 0 Å². The van der Waals surface area contributed by atoms with Gasteiger partial charge in [0.05, 0.1) is 17.1 Å². The number of amides is 1. The van der Waals surface area contributed by atoms with E-state index in [-0.39, 0.29) is 5.91 Å². The van der Waals surface area contributed by atoms with E-state index in [1.807, 2.05) is 18.2 Å². The summed E-state index contributed by atoms with van der Waals surface area (Å²) in [4.78, 5) is 23.6. The lowest BCUT2D eigenvalue weighted by molar-refractivity contribution is 0.102. The van der Waals surface area contributed by atoms with Crippen LogP contribution in [0.15, 0.2) is 48.8 Å². The van der Waals surface area contributed by atoms with E-state index in [1.165, 1.54) is 19.3 Å². The molecule has 0 unspecified atom stereocenters. The van der Waals surface area contributed by atoms with Gasteiger partial charge in [-0.05, 0) is 61.7 Å². The number of rotatable bonds is 3. The van der Waals surface area contributed by atoms with E-state index in [2.05, 4.69) is 26.3 Å². The van der Waals surface area contributed by atoms with Crippen LogP contribution in [0.1, 0.15) is 35.2 Å². The number of nitrogens with one attached hydrogen (secondary N) is 1. The molecule has 1 amide bonds. The highest BCUT2D eigenvalue weighted by molar-refractivity contribution is 6.05. The Bertz CT molecular complexity index is 1020. The molecule has 3 aromatic rings. The van der Waals surface area contributed by atoms with Crippen molar-refractivity contribution in [2.45, 2.75) is 19.3 Å². The maximum atomic E-state index is 12.5. The van der Waals surface area contributed by atoms with Crippen LogP contribution in [0, 0.1) is 11.3 Å². The van der Waals surface area contributed by atoms with Crippen molar-refractivity contribution in [2.75, 3.05) is 23.3 Å². The number of benzene rings is 2. The first-order valence-corrected chi connectivity index (χ1v) is 9.06. The smallest absolute Gasteiger partial charge is 0.255 e. The van der Waals surface area contributed by atoms with Crippen molar-refractivity contribution < 1.29 is 4.79 Å². The van der Waals surface area contributed by atoms with E-state index in [0.717, 1.165) is 29.8 Å². The first-order valence-electron chi connectivity index (χ1n) is 9.06. The Morgan fingerprint density at radius 1 is 1.04 bits per heavy atom. The summed E-state index contributed by atoms with van der Waals surface area (Å²) < 4.78 is 0. The second-order valence-corrected chi connectivity index (χ2v) is 6.62. The molecule has 0 radical (unpaired) electrons. The van der Waals surface area contributed by atoms with Crippen molar-refractivity contribution in [2.24, 2.45) is 0 Å². The molecular weight excluding hydrogens is 338 g/mol. The number of carbonyl (C=O) groups excluding carboxylic acids is 1. The summed E-state index contributed by atoms with van der Waals surface area (Å²) in [6.07, 6.45) is 5.19. The number of nitrogens with zero attached hydrogens (tertiary/aromatic N) is 4. The second-order valence-electron chi connectivity index (χ2n) is 6.62. The summed E-state index contributed by atoms with van der Waals surface area (Å²) in [5.41, 5.74) is 2.60. The van der Waals surface area contributed by atoms with Crippen molar-refractivity contribution in [1.29, 1.82) is 5.26 Å². The Balaban J connectivity index is 1.62. The van der Waals surface area contributed by atoms with Crippen LogP contribution in [0.25, 0.3) is 10.9 Å². The van der Waals surface area contributed by atoms with Crippen LogP contribution in [0.3, 0.4) is 0 Å². The minimum atomic E-state index is -0.213. The monoisotopic (exact) mass is 357 g/mol. The van der Waals surface area contributed by atoms with Gasteiger partial charge in [-0.1, -0.05) is 0 Å². The summed E-state index contributed by atoms with van der Waals surface area (Å²) >= 11 is 0. The quantitative estimate of drug-likeness (QED) is 0.772. The molecule has 1 aliphatic heterocycles. The molecule has 0 spiro atoms. The minimum absolute atomic E-state index is 0.213. The minimum Gasteiger partial charge on any atom is -0.356 e. The SMILES string of the molecule is N#Cc1ccc(C(=O)Nc2ccc3ncnc(N4CCCCC4)c3c2)cc1. The van der Waals surface area contributed by atoms with Gasteiger partial charge >= 0.3 is 0 Å². The molecule has 1 aromatic heterocycles. The number of nitriles is 1. The molecule has 2 heterocycles. The van der Waals surface area contributed by atoms with E-state index >= 15 is 0 Å². The fourth-order valence-corrected chi connectivity index (χ4v) is 3.38. The maximum absolute atomic E-state index is 12.5. The van der Waals surface area contributed by atoms with E-state index in [9.17, 15) is 4.79 Å². The zero-order chi connectivity index (χ0) is 18.6. The third-order valence-electron chi connectivity index (χ3n) is 4.80. The number of piperidine rings is 1. The highest BCUT2D eigenvalue weighted by Crippen LogP contribution is 2.28. The molecule has 1 saturated heterocycles. The fraction of sp³-hybridized carbons (Fsp3) is 0.238. The van der Waals surface area contributed by atoms with Gasteiger partial charge in [0, 0.05) is 29.7 Å². The van der Waals surface area contributed by atoms with Crippen molar-refractivity contribution in [3.8, 4) is 6.07 Å². The molecule has 1 fully saturated rings. The van der Waals surface area contributed by atoms with Gasteiger partial charge in [0.15, 0.2) is 0 Å². The Kier molecular flexibility index (Phi) is 4.67. The van der Waals surface area contributed by atoms with Gasteiger partial charge in [-0.3, -0.25) is 4.79 Å². The van der Waals surface area contributed by atoms with Gasteiger partial charge in [-0.25, -0.2) is 9.97 Å². The second kappa shape index (κ2) is 7.42. The predicted octanol–water partition coefficient (Wildman–Crippen LogP) is 3.74. The van der Waals surface area contributed by atoms with E-state index in [1.54, 1.807) is 30.6 Å². The first kappa shape index (κ1) is 17.0. The fourth-order valence-electron chi connectivity index (χ4n) is 3.38. The van der Waals surface area contributed by atoms with Gasteiger partial charge in [0.2, 0.25) is 0 Å². The summed E-state index contributed by atoms with van der Waals surface area (Å²) in [5.74, 6) is 0.712. The lowest BCUT2D eigenvalue weighted by Gasteiger charge is -2.28.